The van der Waals surface area contributed by atoms with Gasteiger partial charge in [-0.3, -0.25) is 4.79 Å². The van der Waals surface area contributed by atoms with Gasteiger partial charge < -0.3 is 14.3 Å². The van der Waals surface area contributed by atoms with Crippen molar-refractivity contribution in [1.82, 2.24) is 25.0 Å². The Hall–Kier alpha value is -2.85. The highest BCUT2D eigenvalue weighted by molar-refractivity contribution is 7.21. The Kier molecular flexibility index (Phi) is 4.94. The number of fused-ring (bicyclic) bond motifs is 1. The Morgan fingerprint density at radius 1 is 1.14 bits per heavy atom. The first-order valence-corrected chi connectivity index (χ1v) is 11.1. The van der Waals surface area contributed by atoms with E-state index in [4.69, 9.17) is 4.52 Å². The van der Waals surface area contributed by atoms with Gasteiger partial charge in [0.15, 0.2) is 5.13 Å². The number of rotatable bonds is 5. The molecule has 0 radical (unpaired) electrons. The van der Waals surface area contributed by atoms with Crippen LogP contribution >= 0.6 is 22.7 Å². The van der Waals surface area contributed by atoms with E-state index in [0.717, 1.165) is 33.4 Å². The molecule has 5 heterocycles. The van der Waals surface area contributed by atoms with Gasteiger partial charge in [-0.05, 0) is 23.6 Å². The maximum Gasteiger partial charge on any atom is 0.227 e. The Morgan fingerprint density at radius 3 is 2.83 bits per heavy atom. The van der Waals surface area contributed by atoms with E-state index in [1.165, 1.54) is 0 Å². The summed E-state index contributed by atoms with van der Waals surface area (Å²) in [5.74, 6) is 1.20. The second kappa shape index (κ2) is 7.88. The van der Waals surface area contributed by atoms with E-state index in [1.54, 1.807) is 28.9 Å². The standard InChI is InChI=1S/C19H18N6O2S2/c26-16(6-5-15-22-17(23-27-15)14-4-2-12-28-14)24-8-10-25(11-9-24)19-21-13-3-1-7-20-18(13)29-19/h1-4,7,12H,5-6,8-11H2. The highest BCUT2D eigenvalue weighted by Gasteiger charge is 2.23. The molecule has 10 heteroatoms. The summed E-state index contributed by atoms with van der Waals surface area (Å²) in [4.78, 5) is 32.0. The van der Waals surface area contributed by atoms with Crippen LogP contribution in [0.2, 0.25) is 0 Å². The number of aromatic nitrogens is 4. The van der Waals surface area contributed by atoms with Crippen LogP contribution in [0.4, 0.5) is 5.13 Å². The minimum absolute atomic E-state index is 0.117. The molecule has 1 aliphatic heterocycles. The highest BCUT2D eigenvalue weighted by Crippen LogP contribution is 2.27. The molecule has 4 aromatic rings. The lowest BCUT2D eigenvalue weighted by Crippen LogP contribution is -2.48. The van der Waals surface area contributed by atoms with Gasteiger partial charge in [0, 0.05) is 45.2 Å². The van der Waals surface area contributed by atoms with Crippen molar-refractivity contribution in [2.24, 2.45) is 0 Å². The molecule has 1 aliphatic rings. The average Bonchev–Trinajstić information content (AvgIpc) is 3.52. The molecular weight excluding hydrogens is 408 g/mol. The molecule has 0 N–H and O–H groups in total. The number of thiophene rings is 1. The van der Waals surface area contributed by atoms with E-state index in [2.05, 4.69) is 25.0 Å². The fourth-order valence-corrected chi connectivity index (χ4v) is 4.88. The van der Waals surface area contributed by atoms with Crippen LogP contribution in [-0.2, 0) is 11.2 Å². The summed E-state index contributed by atoms with van der Waals surface area (Å²) in [5.41, 5.74) is 0.924. The van der Waals surface area contributed by atoms with Gasteiger partial charge in [-0.1, -0.05) is 22.6 Å². The second-order valence-corrected chi connectivity index (χ2v) is 8.58. The van der Waals surface area contributed by atoms with E-state index in [9.17, 15) is 4.79 Å². The quantitative estimate of drug-likeness (QED) is 0.484. The lowest BCUT2D eigenvalue weighted by molar-refractivity contribution is -0.131. The fraction of sp³-hybridized carbons (Fsp3) is 0.316. The van der Waals surface area contributed by atoms with E-state index in [-0.39, 0.29) is 5.91 Å². The molecule has 1 amide bonds. The van der Waals surface area contributed by atoms with Gasteiger partial charge >= 0.3 is 0 Å². The first-order chi connectivity index (χ1) is 14.3. The largest absolute Gasteiger partial charge is 0.344 e. The monoisotopic (exact) mass is 426 g/mol. The molecule has 148 valence electrons. The Bertz CT molecular complexity index is 1080. The number of piperazine rings is 1. The normalized spacial score (nSPS) is 14.6. The van der Waals surface area contributed by atoms with Crippen molar-refractivity contribution in [1.29, 1.82) is 0 Å². The zero-order valence-electron chi connectivity index (χ0n) is 15.5. The van der Waals surface area contributed by atoms with Crippen molar-refractivity contribution in [3.05, 3.63) is 41.7 Å². The molecule has 0 aromatic carbocycles. The first kappa shape index (κ1) is 18.2. The zero-order chi connectivity index (χ0) is 19.6. The van der Waals surface area contributed by atoms with Crippen molar-refractivity contribution < 1.29 is 9.32 Å². The SMILES string of the molecule is O=C(CCc1nc(-c2cccs2)no1)N1CCN(c2nc3cccnc3s2)CC1. The Morgan fingerprint density at radius 2 is 2.03 bits per heavy atom. The second-order valence-electron chi connectivity index (χ2n) is 6.68. The van der Waals surface area contributed by atoms with E-state index < -0.39 is 0 Å². The van der Waals surface area contributed by atoms with Gasteiger partial charge in [0.1, 0.15) is 10.3 Å². The fourth-order valence-electron chi connectivity index (χ4n) is 3.28. The molecule has 1 fully saturated rings. The van der Waals surface area contributed by atoms with Crippen molar-refractivity contribution in [2.75, 3.05) is 31.1 Å². The number of aryl methyl sites for hydroxylation is 1. The molecule has 0 bridgehead atoms. The number of anilines is 1. The number of amides is 1. The molecule has 0 unspecified atom stereocenters. The van der Waals surface area contributed by atoms with Crippen molar-refractivity contribution >= 4 is 44.1 Å². The van der Waals surface area contributed by atoms with Gasteiger partial charge in [0.05, 0.1) is 4.88 Å². The topological polar surface area (TPSA) is 88.3 Å². The minimum atomic E-state index is 0.117. The summed E-state index contributed by atoms with van der Waals surface area (Å²) in [6.45, 7) is 2.92. The Labute approximate surface area is 174 Å². The number of nitrogens with zero attached hydrogens (tertiary/aromatic N) is 6. The van der Waals surface area contributed by atoms with Crippen molar-refractivity contribution in [2.45, 2.75) is 12.8 Å². The maximum atomic E-state index is 12.6. The molecule has 1 saturated heterocycles. The predicted octanol–water partition coefficient (Wildman–Crippen LogP) is 3.08. The summed E-state index contributed by atoms with van der Waals surface area (Å²) in [5, 5.41) is 6.93. The number of hydrogen-bond donors (Lipinski definition) is 0. The number of carbonyl (C=O) groups is 1. The maximum absolute atomic E-state index is 12.6. The van der Waals surface area contributed by atoms with Gasteiger partial charge in [0.25, 0.3) is 0 Å². The third-order valence-corrected chi connectivity index (χ3v) is 6.73. The molecular formula is C19H18N6O2S2. The average molecular weight is 427 g/mol. The molecule has 0 aliphatic carbocycles. The van der Waals surface area contributed by atoms with Crippen LogP contribution in [0, 0.1) is 0 Å². The van der Waals surface area contributed by atoms with Crippen molar-refractivity contribution in [3.8, 4) is 10.7 Å². The lowest BCUT2D eigenvalue weighted by Gasteiger charge is -2.34. The number of pyridine rings is 1. The molecule has 0 spiro atoms. The highest BCUT2D eigenvalue weighted by atomic mass is 32.1. The van der Waals surface area contributed by atoms with Gasteiger partial charge in [0.2, 0.25) is 17.6 Å². The number of hydrogen-bond acceptors (Lipinski definition) is 9. The summed E-state index contributed by atoms with van der Waals surface area (Å²) in [6, 6.07) is 7.77. The van der Waals surface area contributed by atoms with E-state index >= 15 is 0 Å². The van der Waals surface area contributed by atoms with Gasteiger partial charge in [-0.25, -0.2) is 9.97 Å². The molecule has 0 saturated carbocycles. The van der Waals surface area contributed by atoms with Crippen LogP contribution in [0.1, 0.15) is 12.3 Å². The predicted molar refractivity (Wildman–Crippen MR) is 112 cm³/mol. The third-order valence-electron chi connectivity index (χ3n) is 4.82. The van der Waals surface area contributed by atoms with E-state index in [0.29, 0.717) is 37.6 Å². The Balaban J connectivity index is 1.14. The minimum Gasteiger partial charge on any atom is -0.344 e. The van der Waals surface area contributed by atoms with E-state index in [1.807, 2.05) is 34.5 Å². The molecule has 0 atom stereocenters. The van der Waals surface area contributed by atoms with Crippen LogP contribution in [0.25, 0.3) is 21.0 Å². The smallest absolute Gasteiger partial charge is 0.227 e. The summed E-state index contributed by atoms with van der Waals surface area (Å²) in [6.07, 6.45) is 2.62. The van der Waals surface area contributed by atoms with Crippen LogP contribution in [0.3, 0.4) is 0 Å². The number of carbonyl (C=O) groups excluding carboxylic acids is 1. The molecule has 4 aromatic heterocycles. The van der Waals surface area contributed by atoms with Crippen LogP contribution in [0.15, 0.2) is 40.4 Å². The molecule has 5 rings (SSSR count). The number of thiazole rings is 1. The summed E-state index contributed by atoms with van der Waals surface area (Å²) < 4.78 is 5.28. The van der Waals surface area contributed by atoms with Crippen LogP contribution in [-0.4, -0.2) is 57.1 Å². The first-order valence-electron chi connectivity index (χ1n) is 9.37. The molecule has 8 nitrogen and oxygen atoms in total. The van der Waals surface area contributed by atoms with Crippen LogP contribution < -0.4 is 4.90 Å². The zero-order valence-corrected chi connectivity index (χ0v) is 17.2. The lowest BCUT2D eigenvalue weighted by atomic mass is 10.2. The summed E-state index contributed by atoms with van der Waals surface area (Å²) in [7, 11) is 0. The van der Waals surface area contributed by atoms with Gasteiger partial charge in [-0.2, -0.15) is 4.98 Å². The van der Waals surface area contributed by atoms with Crippen molar-refractivity contribution in [3.63, 3.8) is 0 Å². The van der Waals surface area contributed by atoms with Crippen LogP contribution in [0.5, 0.6) is 0 Å². The third kappa shape index (κ3) is 3.85. The molecule has 29 heavy (non-hydrogen) atoms. The van der Waals surface area contributed by atoms with Gasteiger partial charge in [-0.15, -0.1) is 11.3 Å². The summed E-state index contributed by atoms with van der Waals surface area (Å²) >= 11 is 3.16.